The molecular weight excluding hydrogens is 290 g/mol. The number of aromatic nitrogens is 1. The molecule has 1 aromatic carbocycles. The summed E-state index contributed by atoms with van der Waals surface area (Å²) in [7, 11) is -3.23. The first-order valence-electron chi connectivity index (χ1n) is 6.07. The Labute approximate surface area is 123 Å². The molecule has 110 valence electrons. The zero-order valence-electron chi connectivity index (χ0n) is 11.6. The monoisotopic (exact) mass is 305 g/mol. The van der Waals surface area contributed by atoms with Gasteiger partial charge in [-0.3, -0.25) is 5.41 Å². The molecule has 0 amide bonds. The van der Waals surface area contributed by atoms with Crippen molar-refractivity contribution in [3.63, 3.8) is 0 Å². The number of amidine groups is 1. The van der Waals surface area contributed by atoms with Crippen LogP contribution in [0.3, 0.4) is 0 Å². The molecule has 2 aromatic rings. The normalized spacial score (nSPS) is 11.1. The van der Waals surface area contributed by atoms with E-state index in [0.29, 0.717) is 22.9 Å². The molecule has 0 aliphatic carbocycles. The van der Waals surface area contributed by atoms with Crippen LogP contribution in [0.15, 0.2) is 41.3 Å². The van der Waals surface area contributed by atoms with Crippen molar-refractivity contribution >= 4 is 15.7 Å². The molecule has 1 aromatic heterocycles. The van der Waals surface area contributed by atoms with Crippen LogP contribution < -0.4 is 10.5 Å². The smallest absolute Gasteiger partial charge is 0.220 e. The molecule has 0 bridgehead atoms. The number of aryl methyl sites for hydroxylation is 1. The molecule has 3 N–H and O–H groups in total. The number of hydrogen-bond donors (Lipinski definition) is 2. The third-order valence-electron chi connectivity index (χ3n) is 2.72. The number of rotatable bonds is 4. The number of pyridine rings is 1. The van der Waals surface area contributed by atoms with Crippen LogP contribution in [0.5, 0.6) is 11.6 Å². The number of ether oxygens (including phenoxy) is 1. The summed E-state index contributed by atoms with van der Waals surface area (Å²) in [4.78, 5) is 4.41. The molecule has 0 fully saturated rings. The largest absolute Gasteiger partial charge is 0.439 e. The van der Waals surface area contributed by atoms with Gasteiger partial charge in [0.2, 0.25) is 5.88 Å². The summed E-state index contributed by atoms with van der Waals surface area (Å²) in [6.07, 6.45) is 1.14. The molecule has 0 aliphatic heterocycles. The van der Waals surface area contributed by atoms with Gasteiger partial charge in [-0.2, -0.15) is 0 Å². The second kappa shape index (κ2) is 5.53. The van der Waals surface area contributed by atoms with Crippen molar-refractivity contribution in [1.82, 2.24) is 4.98 Å². The standard InChI is InChI=1S/C14H15N3O3S/c1-9-7-10(14(15)16)8-13(17-9)20-11-3-5-12(6-4-11)21(2,18)19/h3-8H,1-2H3,(H3,15,16). The number of nitrogens with two attached hydrogens (primary N) is 1. The number of nitrogens with zero attached hydrogens (tertiary/aromatic N) is 1. The van der Waals surface area contributed by atoms with E-state index in [-0.39, 0.29) is 10.7 Å². The summed E-state index contributed by atoms with van der Waals surface area (Å²) in [6.45, 7) is 1.77. The van der Waals surface area contributed by atoms with Gasteiger partial charge in [-0.25, -0.2) is 13.4 Å². The van der Waals surface area contributed by atoms with Gasteiger partial charge < -0.3 is 10.5 Å². The van der Waals surface area contributed by atoms with Crippen LogP contribution in [0, 0.1) is 12.3 Å². The number of hydrogen-bond acceptors (Lipinski definition) is 5. The minimum absolute atomic E-state index is 0.0715. The van der Waals surface area contributed by atoms with Crippen molar-refractivity contribution in [2.24, 2.45) is 5.73 Å². The minimum atomic E-state index is -3.23. The molecule has 0 spiro atoms. The molecule has 0 atom stereocenters. The van der Waals surface area contributed by atoms with E-state index < -0.39 is 9.84 Å². The van der Waals surface area contributed by atoms with Gasteiger partial charge >= 0.3 is 0 Å². The molecule has 0 unspecified atom stereocenters. The van der Waals surface area contributed by atoms with Gasteiger partial charge in [-0.15, -0.1) is 0 Å². The molecular formula is C14H15N3O3S. The Morgan fingerprint density at radius 1 is 1.24 bits per heavy atom. The third-order valence-corrected chi connectivity index (χ3v) is 3.84. The van der Waals surface area contributed by atoms with Crippen LogP contribution in [-0.4, -0.2) is 25.5 Å². The van der Waals surface area contributed by atoms with Crippen molar-refractivity contribution in [3.8, 4) is 11.6 Å². The zero-order chi connectivity index (χ0) is 15.6. The van der Waals surface area contributed by atoms with Gasteiger partial charge in [0, 0.05) is 23.6 Å². The molecule has 1 heterocycles. The fourth-order valence-corrected chi connectivity index (χ4v) is 2.35. The summed E-state index contributed by atoms with van der Waals surface area (Å²) in [5.41, 5.74) is 6.64. The van der Waals surface area contributed by atoms with E-state index >= 15 is 0 Å². The zero-order valence-corrected chi connectivity index (χ0v) is 12.4. The number of benzene rings is 1. The van der Waals surface area contributed by atoms with Crippen molar-refractivity contribution < 1.29 is 13.2 Å². The summed E-state index contributed by atoms with van der Waals surface area (Å²) >= 11 is 0. The quantitative estimate of drug-likeness (QED) is 0.662. The van der Waals surface area contributed by atoms with Gasteiger partial charge in [0.1, 0.15) is 11.6 Å². The van der Waals surface area contributed by atoms with Crippen LogP contribution in [0.4, 0.5) is 0 Å². The van der Waals surface area contributed by atoms with Crippen LogP contribution in [0.25, 0.3) is 0 Å². The number of sulfone groups is 1. The highest BCUT2D eigenvalue weighted by Gasteiger charge is 2.08. The maximum absolute atomic E-state index is 11.4. The topological polar surface area (TPSA) is 106 Å². The SMILES string of the molecule is Cc1cc(C(=N)N)cc(Oc2ccc(S(C)(=O)=O)cc2)n1. The average Bonchev–Trinajstić information content (AvgIpc) is 2.37. The number of nitrogens with one attached hydrogen (secondary N) is 1. The third kappa shape index (κ3) is 3.79. The molecule has 2 rings (SSSR count). The summed E-state index contributed by atoms with van der Waals surface area (Å²) in [5.74, 6) is 0.681. The molecule has 21 heavy (non-hydrogen) atoms. The average molecular weight is 305 g/mol. The first-order chi connectivity index (χ1) is 9.75. The van der Waals surface area contributed by atoms with Gasteiger partial charge in [0.05, 0.1) is 4.90 Å². The molecule has 0 saturated heterocycles. The van der Waals surface area contributed by atoms with Gasteiger partial charge in [0.25, 0.3) is 0 Å². The molecule has 0 aliphatic rings. The van der Waals surface area contributed by atoms with Crippen molar-refractivity contribution in [1.29, 1.82) is 5.41 Å². The summed E-state index contributed by atoms with van der Waals surface area (Å²) < 4.78 is 28.3. The fraction of sp³-hybridized carbons (Fsp3) is 0.143. The Bertz CT molecular complexity index is 784. The Morgan fingerprint density at radius 3 is 2.38 bits per heavy atom. The Hall–Kier alpha value is -2.41. The number of nitrogen functional groups attached to an aromatic ring is 1. The fourth-order valence-electron chi connectivity index (χ4n) is 1.72. The van der Waals surface area contributed by atoms with E-state index in [9.17, 15) is 8.42 Å². The molecule has 0 radical (unpaired) electrons. The first kappa shape index (κ1) is 15.0. The Balaban J connectivity index is 2.28. The van der Waals surface area contributed by atoms with Crippen LogP contribution >= 0.6 is 0 Å². The van der Waals surface area contributed by atoms with E-state index in [1.807, 2.05) is 0 Å². The Kier molecular flexibility index (Phi) is 3.95. The minimum Gasteiger partial charge on any atom is -0.439 e. The van der Waals surface area contributed by atoms with Crippen LogP contribution in [0.2, 0.25) is 0 Å². The summed E-state index contributed by atoms with van der Waals surface area (Å²) in [5, 5.41) is 7.43. The van der Waals surface area contributed by atoms with Crippen molar-refractivity contribution in [2.75, 3.05) is 6.26 Å². The highest BCUT2D eigenvalue weighted by atomic mass is 32.2. The maximum Gasteiger partial charge on any atom is 0.220 e. The lowest BCUT2D eigenvalue weighted by Gasteiger charge is -2.08. The summed E-state index contributed by atoms with van der Waals surface area (Å²) in [6, 6.07) is 9.27. The van der Waals surface area contributed by atoms with E-state index in [0.717, 1.165) is 6.26 Å². The second-order valence-electron chi connectivity index (χ2n) is 4.59. The maximum atomic E-state index is 11.4. The van der Waals surface area contributed by atoms with Gasteiger partial charge in [-0.1, -0.05) is 0 Å². The highest BCUT2D eigenvalue weighted by Crippen LogP contribution is 2.22. The van der Waals surface area contributed by atoms with E-state index in [1.54, 1.807) is 31.2 Å². The lowest BCUT2D eigenvalue weighted by Crippen LogP contribution is -2.11. The molecule has 6 nitrogen and oxygen atoms in total. The second-order valence-corrected chi connectivity index (χ2v) is 6.61. The molecule has 0 saturated carbocycles. The van der Waals surface area contributed by atoms with Crippen molar-refractivity contribution in [3.05, 3.63) is 47.7 Å². The van der Waals surface area contributed by atoms with E-state index in [2.05, 4.69) is 4.98 Å². The molecule has 7 heteroatoms. The van der Waals surface area contributed by atoms with Crippen molar-refractivity contribution in [2.45, 2.75) is 11.8 Å². The van der Waals surface area contributed by atoms with Gasteiger partial charge in [0.15, 0.2) is 9.84 Å². The lowest BCUT2D eigenvalue weighted by molar-refractivity contribution is 0.461. The van der Waals surface area contributed by atoms with Crippen LogP contribution in [0.1, 0.15) is 11.3 Å². The van der Waals surface area contributed by atoms with E-state index in [4.69, 9.17) is 15.9 Å². The first-order valence-corrected chi connectivity index (χ1v) is 7.96. The van der Waals surface area contributed by atoms with Gasteiger partial charge in [-0.05, 0) is 37.3 Å². The predicted molar refractivity (Wildman–Crippen MR) is 79.6 cm³/mol. The predicted octanol–water partition coefficient (Wildman–Crippen LogP) is 1.87. The van der Waals surface area contributed by atoms with Crippen LogP contribution in [-0.2, 0) is 9.84 Å². The van der Waals surface area contributed by atoms with E-state index in [1.165, 1.54) is 12.1 Å². The Morgan fingerprint density at radius 2 is 1.86 bits per heavy atom. The lowest BCUT2D eigenvalue weighted by atomic mass is 10.2. The highest BCUT2D eigenvalue weighted by molar-refractivity contribution is 7.90.